The molecular weight excluding hydrogens is 220 g/mol. The Balaban J connectivity index is 1.88. The van der Waals surface area contributed by atoms with Crippen LogP contribution in [0.3, 0.4) is 0 Å². The molecule has 2 aliphatic carbocycles. The van der Waals surface area contributed by atoms with Crippen molar-refractivity contribution in [3.8, 4) is 0 Å². The molecule has 0 spiro atoms. The molecule has 18 heavy (non-hydrogen) atoms. The molecule has 0 aromatic heterocycles. The van der Waals surface area contributed by atoms with Gasteiger partial charge in [-0.05, 0) is 60.8 Å². The fourth-order valence-electron chi connectivity index (χ4n) is 2.91. The number of benzene rings is 1. The van der Waals surface area contributed by atoms with E-state index < -0.39 is 0 Å². The topological polar surface area (TPSA) is 17.1 Å². The van der Waals surface area contributed by atoms with Gasteiger partial charge in [0.05, 0.1) is 0 Å². The first-order valence-corrected chi connectivity index (χ1v) is 7.17. The zero-order chi connectivity index (χ0) is 12.4. The zero-order valence-corrected chi connectivity index (χ0v) is 10.8. The Morgan fingerprint density at radius 1 is 1.00 bits per heavy atom. The number of hydrogen-bond donors (Lipinski definition) is 0. The lowest BCUT2D eigenvalue weighted by atomic mass is 9.79. The highest BCUT2D eigenvalue weighted by atomic mass is 16.1. The highest BCUT2D eigenvalue weighted by Gasteiger charge is 2.20. The molecule has 0 unspecified atom stereocenters. The highest BCUT2D eigenvalue weighted by molar-refractivity contribution is 5.97. The first-order valence-electron chi connectivity index (χ1n) is 7.17. The van der Waals surface area contributed by atoms with Gasteiger partial charge in [0, 0.05) is 6.42 Å². The lowest BCUT2D eigenvalue weighted by molar-refractivity contribution is -0.114. The van der Waals surface area contributed by atoms with Gasteiger partial charge < -0.3 is 0 Å². The van der Waals surface area contributed by atoms with E-state index in [4.69, 9.17) is 0 Å². The molecule has 1 saturated carbocycles. The van der Waals surface area contributed by atoms with Crippen LogP contribution < -0.4 is 0 Å². The van der Waals surface area contributed by atoms with E-state index in [1.54, 1.807) is 0 Å². The highest BCUT2D eigenvalue weighted by Crippen LogP contribution is 2.37. The SMILES string of the molecule is O=C1C=C(c2cccc(C3CCC3)c2)CCCC1. The zero-order valence-electron chi connectivity index (χ0n) is 10.8. The molecule has 1 nitrogen and oxygen atoms in total. The third-order valence-electron chi connectivity index (χ3n) is 4.29. The average Bonchev–Trinajstić information content (AvgIpc) is 2.52. The van der Waals surface area contributed by atoms with Crippen LogP contribution in [0.15, 0.2) is 30.3 Å². The average molecular weight is 240 g/mol. The molecule has 0 saturated heterocycles. The van der Waals surface area contributed by atoms with Crippen LogP contribution in [0.25, 0.3) is 5.57 Å². The second-order valence-corrected chi connectivity index (χ2v) is 5.60. The summed E-state index contributed by atoms with van der Waals surface area (Å²) in [7, 11) is 0. The van der Waals surface area contributed by atoms with Crippen LogP contribution in [0.4, 0.5) is 0 Å². The van der Waals surface area contributed by atoms with E-state index >= 15 is 0 Å². The number of rotatable bonds is 2. The Morgan fingerprint density at radius 3 is 2.61 bits per heavy atom. The van der Waals surface area contributed by atoms with Crippen molar-refractivity contribution in [3.05, 3.63) is 41.5 Å². The van der Waals surface area contributed by atoms with Gasteiger partial charge in [0.15, 0.2) is 5.78 Å². The third-order valence-corrected chi connectivity index (χ3v) is 4.29. The molecule has 0 N–H and O–H groups in total. The smallest absolute Gasteiger partial charge is 0.155 e. The van der Waals surface area contributed by atoms with Gasteiger partial charge in [-0.1, -0.05) is 30.7 Å². The Kier molecular flexibility index (Phi) is 3.31. The lowest BCUT2D eigenvalue weighted by Crippen LogP contribution is -2.08. The molecular formula is C17H20O. The Labute approximate surface area is 109 Å². The number of carbonyl (C=O) groups excluding carboxylic acids is 1. The second kappa shape index (κ2) is 5.09. The molecule has 1 fully saturated rings. The van der Waals surface area contributed by atoms with Gasteiger partial charge in [0.25, 0.3) is 0 Å². The summed E-state index contributed by atoms with van der Waals surface area (Å²) in [6.07, 6.45) is 9.89. The van der Waals surface area contributed by atoms with E-state index in [0.29, 0.717) is 5.78 Å². The van der Waals surface area contributed by atoms with Gasteiger partial charge in [0.2, 0.25) is 0 Å². The molecule has 1 aromatic rings. The number of ketones is 1. The quantitative estimate of drug-likeness (QED) is 0.745. The lowest BCUT2D eigenvalue weighted by Gasteiger charge is -2.26. The van der Waals surface area contributed by atoms with Gasteiger partial charge in [-0.3, -0.25) is 4.79 Å². The maximum absolute atomic E-state index is 11.7. The summed E-state index contributed by atoms with van der Waals surface area (Å²) >= 11 is 0. The summed E-state index contributed by atoms with van der Waals surface area (Å²) in [5, 5.41) is 0. The number of carbonyl (C=O) groups is 1. The second-order valence-electron chi connectivity index (χ2n) is 5.60. The summed E-state index contributed by atoms with van der Waals surface area (Å²) in [5.41, 5.74) is 3.99. The summed E-state index contributed by atoms with van der Waals surface area (Å²) in [5.74, 6) is 1.07. The van der Waals surface area contributed by atoms with Gasteiger partial charge in [-0.2, -0.15) is 0 Å². The molecule has 3 rings (SSSR count). The Morgan fingerprint density at radius 2 is 1.83 bits per heavy atom. The van der Waals surface area contributed by atoms with E-state index in [1.165, 1.54) is 36.0 Å². The predicted molar refractivity (Wildman–Crippen MR) is 74.5 cm³/mol. The van der Waals surface area contributed by atoms with Crippen LogP contribution >= 0.6 is 0 Å². The minimum Gasteiger partial charge on any atom is -0.295 e. The minimum atomic E-state index is 0.302. The van der Waals surface area contributed by atoms with Crippen LogP contribution in [0, 0.1) is 0 Å². The fraction of sp³-hybridized carbons (Fsp3) is 0.471. The molecule has 1 aromatic carbocycles. The van der Waals surface area contributed by atoms with Crippen LogP contribution in [-0.4, -0.2) is 5.78 Å². The first-order chi connectivity index (χ1) is 8.83. The summed E-state index contributed by atoms with van der Waals surface area (Å²) in [4.78, 5) is 11.7. The van der Waals surface area contributed by atoms with Crippen molar-refractivity contribution < 1.29 is 4.79 Å². The summed E-state index contributed by atoms with van der Waals surface area (Å²) < 4.78 is 0. The third kappa shape index (κ3) is 2.40. The van der Waals surface area contributed by atoms with E-state index in [2.05, 4.69) is 24.3 Å². The van der Waals surface area contributed by atoms with Crippen LogP contribution in [-0.2, 0) is 4.79 Å². The largest absolute Gasteiger partial charge is 0.295 e. The molecule has 94 valence electrons. The first kappa shape index (κ1) is 11.7. The monoisotopic (exact) mass is 240 g/mol. The van der Waals surface area contributed by atoms with Gasteiger partial charge >= 0.3 is 0 Å². The van der Waals surface area contributed by atoms with Crippen molar-refractivity contribution in [2.45, 2.75) is 50.9 Å². The molecule has 0 bridgehead atoms. The van der Waals surface area contributed by atoms with Crippen molar-refractivity contribution in [2.75, 3.05) is 0 Å². The predicted octanol–water partition coefficient (Wildman–Crippen LogP) is 4.48. The maximum atomic E-state index is 11.7. The number of hydrogen-bond acceptors (Lipinski definition) is 1. The van der Waals surface area contributed by atoms with Crippen molar-refractivity contribution in [3.63, 3.8) is 0 Å². The van der Waals surface area contributed by atoms with Crippen LogP contribution in [0.1, 0.15) is 62.0 Å². The van der Waals surface area contributed by atoms with E-state index in [0.717, 1.165) is 31.6 Å². The Bertz CT molecular complexity index is 480. The molecule has 0 radical (unpaired) electrons. The van der Waals surface area contributed by atoms with Gasteiger partial charge in [-0.15, -0.1) is 0 Å². The molecule has 2 aliphatic rings. The Hall–Kier alpha value is -1.37. The number of allylic oxidation sites excluding steroid dienone is 2. The molecule has 0 atom stereocenters. The van der Waals surface area contributed by atoms with E-state index in [-0.39, 0.29) is 0 Å². The molecule has 1 heteroatoms. The minimum absolute atomic E-state index is 0.302. The van der Waals surface area contributed by atoms with Crippen molar-refractivity contribution >= 4 is 11.4 Å². The van der Waals surface area contributed by atoms with Crippen LogP contribution in [0.5, 0.6) is 0 Å². The normalized spacial score (nSPS) is 21.1. The van der Waals surface area contributed by atoms with Crippen LogP contribution in [0.2, 0.25) is 0 Å². The summed E-state index contributed by atoms with van der Waals surface area (Å²) in [6.45, 7) is 0. The standard InChI is InChI=1S/C17H20O/c18-17-10-2-1-5-16(12-17)15-9-4-8-14(11-15)13-6-3-7-13/h4,8-9,11-13H,1-3,5-7,10H2. The van der Waals surface area contributed by atoms with Crippen molar-refractivity contribution in [2.24, 2.45) is 0 Å². The molecule has 0 amide bonds. The molecule has 0 heterocycles. The molecule has 0 aliphatic heterocycles. The van der Waals surface area contributed by atoms with E-state index in [1.807, 2.05) is 6.08 Å². The maximum Gasteiger partial charge on any atom is 0.155 e. The fourth-order valence-corrected chi connectivity index (χ4v) is 2.91. The van der Waals surface area contributed by atoms with E-state index in [9.17, 15) is 4.79 Å². The van der Waals surface area contributed by atoms with Crippen molar-refractivity contribution in [1.29, 1.82) is 0 Å². The van der Waals surface area contributed by atoms with Crippen molar-refractivity contribution in [1.82, 2.24) is 0 Å². The summed E-state index contributed by atoms with van der Waals surface area (Å²) in [6, 6.07) is 8.87. The van der Waals surface area contributed by atoms with Gasteiger partial charge in [-0.25, -0.2) is 0 Å². The van der Waals surface area contributed by atoms with Gasteiger partial charge in [0.1, 0.15) is 0 Å².